The Balaban J connectivity index is 1.68. The predicted molar refractivity (Wildman–Crippen MR) is 113 cm³/mol. The molecule has 3 aromatic rings. The van der Waals surface area contributed by atoms with E-state index in [4.69, 9.17) is 4.42 Å². The summed E-state index contributed by atoms with van der Waals surface area (Å²) in [5, 5.41) is 12.2. The molecule has 29 heavy (non-hydrogen) atoms. The zero-order valence-corrected chi connectivity index (χ0v) is 17.6. The number of aromatic nitrogens is 3. The van der Waals surface area contributed by atoms with Crippen LogP contribution in [-0.4, -0.2) is 32.2 Å². The van der Waals surface area contributed by atoms with Crippen molar-refractivity contribution in [1.82, 2.24) is 14.8 Å². The number of anilines is 1. The first-order chi connectivity index (χ1) is 14.0. The molecule has 0 unspecified atom stereocenters. The lowest BCUT2D eigenvalue weighted by Gasteiger charge is -2.09. The fourth-order valence-electron chi connectivity index (χ4n) is 2.84. The Kier molecular flexibility index (Phi) is 6.87. The van der Waals surface area contributed by atoms with Crippen molar-refractivity contribution in [3.63, 3.8) is 0 Å². The van der Waals surface area contributed by atoms with Gasteiger partial charge in [0.15, 0.2) is 16.8 Å². The van der Waals surface area contributed by atoms with Gasteiger partial charge in [-0.2, -0.15) is 0 Å². The Morgan fingerprint density at radius 2 is 1.93 bits per heavy atom. The van der Waals surface area contributed by atoms with Crippen LogP contribution in [0.4, 0.5) is 5.69 Å². The van der Waals surface area contributed by atoms with E-state index >= 15 is 0 Å². The molecule has 3 rings (SSSR count). The molecule has 0 aliphatic rings. The second-order valence-electron chi connectivity index (χ2n) is 6.67. The summed E-state index contributed by atoms with van der Waals surface area (Å²) in [5.41, 5.74) is 2.18. The van der Waals surface area contributed by atoms with Crippen LogP contribution in [0.1, 0.15) is 42.8 Å². The summed E-state index contributed by atoms with van der Waals surface area (Å²) in [7, 11) is 0. The fraction of sp³-hybridized carbons (Fsp3) is 0.333. The molecule has 0 radical (unpaired) electrons. The van der Waals surface area contributed by atoms with Crippen molar-refractivity contribution in [2.24, 2.45) is 0 Å². The van der Waals surface area contributed by atoms with Gasteiger partial charge < -0.3 is 14.3 Å². The molecule has 152 valence electrons. The molecule has 0 fully saturated rings. The summed E-state index contributed by atoms with van der Waals surface area (Å²) in [6.07, 6.45) is 3.67. The number of carbonyl (C=O) groups excluding carboxylic acids is 2. The van der Waals surface area contributed by atoms with E-state index in [1.807, 2.05) is 17.6 Å². The van der Waals surface area contributed by atoms with Gasteiger partial charge in [-0.25, -0.2) is 0 Å². The molecule has 0 aliphatic carbocycles. The van der Waals surface area contributed by atoms with Gasteiger partial charge in [0, 0.05) is 17.8 Å². The third kappa shape index (κ3) is 5.14. The molecule has 8 heteroatoms. The van der Waals surface area contributed by atoms with E-state index in [0.29, 0.717) is 16.4 Å². The van der Waals surface area contributed by atoms with Gasteiger partial charge in [0.2, 0.25) is 5.91 Å². The minimum absolute atomic E-state index is 0.00601. The summed E-state index contributed by atoms with van der Waals surface area (Å²) < 4.78 is 7.44. The highest BCUT2D eigenvalue weighted by atomic mass is 32.2. The summed E-state index contributed by atoms with van der Waals surface area (Å²) in [4.78, 5) is 23.7. The summed E-state index contributed by atoms with van der Waals surface area (Å²) >= 11 is 1.35. The van der Waals surface area contributed by atoms with E-state index < -0.39 is 0 Å². The number of aryl methyl sites for hydroxylation is 1. The summed E-state index contributed by atoms with van der Waals surface area (Å²) in [6, 6.07) is 8.73. The van der Waals surface area contributed by atoms with E-state index in [2.05, 4.69) is 22.4 Å². The predicted octanol–water partition coefficient (Wildman–Crippen LogP) is 4.58. The number of Topliss-reactive ketones (excluding diaryl/α,β-unsaturated/α-hetero) is 1. The Hall–Kier alpha value is -2.87. The summed E-state index contributed by atoms with van der Waals surface area (Å²) in [6.45, 7) is 6.31. The smallest absolute Gasteiger partial charge is 0.234 e. The van der Waals surface area contributed by atoms with Gasteiger partial charge >= 0.3 is 0 Å². The van der Waals surface area contributed by atoms with Crippen LogP contribution < -0.4 is 5.32 Å². The first-order valence-electron chi connectivity index (χ1n) is 9.51. The molecule has 7 nitrogen and oxygen atoms in total. The van der Waals surface area contributed by atoms with Crippen molar-refractivity contribution in [2.75, 3.05) is 11.1 Å². The number of nitrogens with zero attached hydrogens (tertiary/aromatic N) is 3. The molecule has 0 bridgehead atoms. The van der Waals surface area contributed by atoms with E-state index in [-0.39, 0.29) is 17.4 Å². The highest BCUT2D eigenvalue weighted by Crippen LogP contribution is 2.27. The van der Waals surface area contributed by atoms with E-state index in [9.17, 15) is 9.59 Å². The normalized spacial score (nSPS) is 10.9. The highest BCUT2D eigenvalue weighted by molar-refractivity contribution is 7.99. The topological polar surface area (TPSA) is 90.0 Å². The third-order valence-electron chi connectivity index (χ3n) is 4.46. The van der Waals surface area contributed by atoms with Gasteiger partial charge in [-0.3, -0.25) is 9.59 Å². The molecule has 1 amide bonds. The quantitative estimate of drug-likeness (QED) is 0.409. The number of rotatable bonds is 9. The maximum absolute atomic E-state index is 12.3. The van der Waals surface area contributed by atoms with Gasteiger partial charge in [-0.15, -0.1) is 10.2 Å². The van der Waals surface area contributed by atoms with Gasteiger partial charge in [-0.05, 0) is 50.6 Å². The van der Waals surface area contributed by atoms with Crippen LogP contribution in [0.15, 0.2) is 46.2 Å². The first kappa shape index (κ1) is 20.9. The van der Waals surface area contributed by atoms with E-state index in [1.54, 1.807) is 30.5 Å². The van der Waals surface area contributed by atoms with E-state index in [1.165, 1.54) is 18.7 Å². The number of benzene rings is 1. The van der Waals surface area contributed by atoms with Crippen molar-refractivity contribution in [2.45, 2.75) is 45.3 Å². The molecule has 1 N–H and O–H groups in total. The molecular weight excluding hydrogens is 388 g/mol. The largest absolute Gasteiger partial charge is 0.469 e. The summed E-state index contributed by atoms with van der Waals surface area (Å²) in [5.74, 6) is 1.61. The van der Waals surface area contributed by atoms with Gasteiger partial charge in [0.25, 0.3) is 0 Å². The minimum atomic E-state index is -0.142. The third-order valence-corrected chi connectivity index (χ3v) is 5.43. The van der Waals surface area contributed by atoms with Gasteiger partial charge in [0.1, 0.15) is 5.76 Å². The molecule has 2 aromatic heterocycles. The van der Waals surface area contributed by atoms with Crippen LogP contribution in [-0.2, 0) is 11.3 Å². The number of thioether (sulfide) groups is 1. The van der Waals surface area contributed by atoms with Crippen LogP contribution >= 0.6 is 11.8 Å². The van der Waals surface area contributed by atoms with Crippen molar-refractivity contribution in [3.8, 4) is 11.4 Å². The zero-order valence-electron chi connectivity index (χ0n) is 16.8. The Morgan fingerprint density at radius 1 is 1.17 bits per heavy atom. The average molecular weight is 413 g/mol. The zero-order chi connectivity index (χ0) is 20.8. The van der Waals surface area contributed by atoms with Gasteiger partial charge in [0.05, 0.1) is 17.6 Å². The van der Waals surface area contributed by atoms with Crippen molar-refractivity contribution in [1.29, 1.82) is 0 Å². The number of unbranched alkanes of at least 4 members (excludes halogenated alkanes) is 1. The lowest BCUT2D eigenvalue weighted by molar-refractivity contribution is -0.113. The van der Waals surface area contributed by atoms with Crippen LogP contribution in [0, 0.1) is 6.92 Å². The SMILES string of the molecule is CCCCn1c(SCC(=O)Nc2ccc(C(C)=O)cc2)nnc1-c1ccoc1C. The lowest BCUT2D eigenvalue weighted by atomic mass is 10.1. The Labute approximate surface area is 173 Å². The van der Waals surface area contributed by atoms with Crippen LogP contribution in [0.25, 0.3) is 11.4 Å². The van der Waals surface area contributed by atoms with Crippen molar-refractivity contribution >= 4 is 29.1 Å². The molecule has 0 atom stereocenters. The molecule has 2 heterocycles. The minimum Gasteiger partial charge on any atom is -0.469 e. The van der Waals surface area contributed by atoms with Crippen molar-refractivity contribution in [3.05, 3.63) is 47.9 Å². The number of carbonyl (C=O) groups is 2. The number of hydrogen-bond acceptors (Lipinski definition) is 6. The highest BCUT2D eigenvalue weighted by Gasteiger charge is 2.18. The standard InChI is InChI=1S/C21H24N4O3S/c1-4-5-11-25-20(18-10-12-28-15(18)3)23-24-21(25)29-13-19(27)22-17-8-6-16(7-9-17)14(2)26/h6-10,12H,4-5,11,13H2,1-3H3,(H,22,27). The number of ketones is 1. The number of nitrogens with one attached hydrogen (secondary N) is 1. The molecular formula is C21H24N4O3S. The molecule has 0 saturated carbocycles. The van der Waals surface area contributed by atoms with Crippen LogP contribution in [0.2, 0.25) is 0 Å². The lowest BCUT2D eigenvalue weighted by Crippen LogP contribution is -2.15. The maximum Gasteiger partial charge on any atom is 0.234 e. The molecule has 0 spiro atoms. The first-order valence-corrected chi connectivity index (χ1v) is 10.5. The van der Waals surface area contributed by atoms with Gasteiger partial charge in [-0.1, -0.05) is 25.1 Å². The Bertz CT molecular complexity index is 992. The number of amides is 1. The maximum atomic E-state index is 12.3. The molecule has 0 aliphatic heterocycles. The van der Waals surface area contributed by atoms with Crippen LogP contribution in [0.5, 0.6) is 0 Å². The number of hydrogen-bond donors (Lipinski definition) is 1. The second-order valence-corrected chi connectivity index (χ2v) is 7.61. The van der Waals surface area contributed by atoms with Crippen LogP contribution in [0.3, 0.4) is 0 Å². The second kappa shape index (κ2) is 9.56. The fourth-order valence-corrected chi connectivity index (χ4v) is 3.61. The Morgan fingerprint density at radius 3 is 2.55 bits per heavy atom. The molecule has 0 saturated heterocycles. The van der Waals surface area contributed by atoms with E-state index in [0.717, 1.165) is 36.5 Å². The van der Waals surface area contributed by atoms with Crippen molar-refractivity contribution < 1.29 is 14.0 Å². The molecule has 1 aromatic carbocycles. The monoisotopic (exact) mass is 412 g/mol. The average Bonchev–Trinajstić information content (AvgIpc) is 3.30. The number of furan rings is 1.